The van der Waals surface area contributed by atoms with Crippen LogP contribution < -0.4 is 10.6 Å². The van der Waals surface area contributed by atoms with E-state index in [9.17, 15) is 10.1 Å². The van der Waals surface area contributed by atoms with Gasteiger partial charge in [0.15, 0.2) is 5.96 Å². The van der Waals surface area contributed by atoms with E-state index in [4.69, 9.17) is 0 Å². The minimum absolute atomic E-state index is 0. The van der Waals surface area contributed by atoms with E-state index < -0.39 is 0 Å². The molecule has 0 amide bonds. The van der Waals surface area contributed by atoms with Crippen LogP contribution >= 0.6 is 24.0 Å². The number of guanidine groups is 1. The van der Waals surface area contributed by atoms with Crippen LogP contribution in [0.5, 0.6) is 0 Å². The van der Waals surface area contributed by atoms with E-state index in [1.807, 2.05) is 0 Å². The van der Waals surface area contributed by atoms with Crippen LogP contribution in [0.15, 0.2) is 29.3 Å². The van der Waals surface area contributed by atoms with Gasteiger partial charge in [-0.15, -0.1) is 24.0 Å². The molecule has 0 radical (unpaired) electrons. The molecule has 1 aromatic carbocycles. The number of para-hydroxylation sites is 1. The van der Waals surface area contributed by atoms with Crippen molar-refractivity contribution in [1.82, 2.24) is 15.5 Å². The summed E-state index contributed by atoms with van der Waals surface area (Å²) in [6.45, 7) is 5.81. The Kier molecular flexibility index (Phi) is 10.5. The average molecular weight is 475 g/mol. The van der Waals surface area contributed by atoms with Crippen LogP contribution in [0.3, 0.4) is 0 Å². The first kappa shape index (κ1) is 22.6. The van der Waals surface area contributed by atoms with Crippen molar-refractivity contribution in [3.63, 3.8) is 0 Å². The standard InChI is InChI=1S/C18H29N5O2.HI/c1-15-8-5-6-12-22(15)13-7-11-20-18(19-2)21-14-16-9-3-4-10-17(16)23(24)25;/h3-4,9-10,15H,5-8,11-14H2,1-2H3,(H2,19,20,21);1H. The van der Waals surface area contributed by atoms with Gasteiger partial charge in [-0.2, -0.15) is 0 Å². The number of nitrogens with zero attached hydrogens (tertiary/aromatic N) is 3. The molecule has 8 heteroatoms. The molecule has 0 aliphatic carbocycles. The minimum atomic E-state index is -0.354. The molecule has 2 N–H and O–H groups in total. The molecule has 1 aliphatic heterocycles. The number of likely N-dealkylation sites (tertiary alicyclic amines) is 1. The average Bonchev–Trinajstić information content (AvgIpc) is 2.62. The van der Waals surface area contributed by atoms with E-state index >= 15 is 0 Å². The lowest BCUT2D eigenvalue weighted by Crippen LogP contribution is -2.41. The number of halogens is 1. The van der Waals surface area contributed by atoms with Crippen LogP contribution in [0.25, 0.3) is 0 Å². The fourth-order valence-corrected chi connectivity index (χ4v) is 3.22. The van der Waals surface area contributed by atoms with Gasteiger partial charge < -0.3 is 15.5 Å². The summed E-state index contributed by atoms with van der Waals surface area (Å²) < 4.78 is 0. The number of aliphatic imine (C=N–C) groups is 1. The van der Waals surface area contributed by atoms with Gasteiger partial charge in [0.1, 0.15) is 0 Å². The summed E-state index contributed by atoms with van der Waals surface area (Å²) in [6.07, 6.45) is 5.00. The number of benzene rings is 1. The quantitative estimate of drug-likeness (QED) is 0.158. The summed E-state index contributed by atoms with van der Waals surface area (Å²) in [7, 11) is 1.71. The molecule has 1 unspecified atom stereocenters. The molecule has 0 spiro atoms. The van der Waals surface area contributed by atoms with Crippen molar-refractivity contribution >= 4 is 35.6 Å². The van der Waals surface area contributed by atoms with Crippen LogP contribution in [-0.2, 0) is 6.54 Å². The molecule has 7 nitrogen and oxygen atoms in total. The molecule has 1 heterocycles. The molecule has 0 aromatic heterocycles. The number of nitro benzene ring substituents is 1. The number of hydrogen-bond donors (Lipinski definition) is 2. The molecule has 1 aliphatic rings. The molecular weight excluding hydrogens is 445 g/mol. The summed E-state index contributed by atoms with van der Waals surface area (Å²) >= 11 is 0. The Morgan fingerprint density at radius 1 is 1.35 bits per heavy atom. The van der Waals surface area contributed by atoms with Gasteiger partial charge in [0.05, 0.1) is 4.92 Å². The largest absolute Gasteiger partial charge is 0.356 e. The van der Waals surface area contributed by atoms with Gasteiger partial charge in [-0.05, 0) is 32.7 Å². The molecule has 0 bridgehead atoms. The van der Waals surface area contributed by atoms with Crippen LogP contribution in [-0.4, -0.2) is 48.5 Å². The second kappa shape index (κ2) is 12.1. The van der Waals surface area contributed by atoms with Crippen LogP contribution in [0, 0.1) is 10.1 Å². The van der Waals surface area contributed by atoms with Crippen LogP contribution in [0.2, 0.25) is 0 Å². The molecular formula is C18H30IN5O2. The molecule has 1 aromatic rings. The van der Waals surface area contributed by atoms with E-state index in [-0.39, 0.29) is 34.6 Å². The smallest absolute Gasteiger partial charge is 0.274 e. The monoisotopic (exact) mass is 475 g/mol. The van der Waals surface area contributed by atoms with Gasteiger partial charge in [-0.1, -0.05) is 24.6 Å². The molecule has 1 fully saturated rings. The van der Waals surface area contributed by atoms with Crippen molar-refractivity contribution in [2.24, 2.45) is 4.99 Å². The van der Waals surface area contributed by atoms with Crippen molar-refractivity contribution < 1.29 is 4.92 Å². The fourth-order valence-electron chi connectivity index (χ4n) is 3.22. The predicted octanol–water partition coefficient (Wildman–Crippen LogP) is 3.14. The number of rotatable bonds is 7. The third kappa shape index (κ3) is 7.06. The molecule has 1 atom stereocenters. The van der Waals surface area contributed by atoms with Crippen molar-refractivity contribution in [1.29, 1.82) is 0 Å². The van der Waals surface area contributed by atoms with Crippen molar-refractivity contribution in [2.75, 3.05) is 26.7 Å². The lowest BCUT2D eigenvalue weighted by Gasteiger charge is -2.33. The molecule has 2 rings (SSSR count). The Labute approximate surface area is 172 Å². The van der Waals surface area contributed by atoms with Crippen molar-refractivity contribution in [3.8, 4) is 0 Å². The maximum Gasteiger partial charge on any atom is 0.274 e. The number of hydrogen-bond acceptors (Lipinski definition) is 4. The van der Waals surface area contributed by atoms with E-state index in [2.05, 4.69) is 27.4 Å². The topological polar surface area (TPSA) is 82.8 Å². The maximum atomic E-state index is 11.1. The SMILES string of the molecule is CN=C(NCCCN1CCCCC1C)NCc1ccccc1[N+](=O)[O-].I. The van der Waals surface area contributed by atoms with E-state index in [1.165, 1.54) is 31.9 Å². The van der Waals surface area contributed by atoms with Crippen molar-refractivity contribution in [3.05, 3.63) is 39.9 Å². The summed E-state index contributed by atoms with van der Waals surface area (Å²) in [5, 5.41) is 17.5. The summed E-state index contributed by atoms with van der Waals surface area (Å²) in [5.74, 6) is 0.671. The second-order valence-electron chi connectivity index (χ2n) is 6.47. The Balaban J connectivity index is 0.00000338. The van der Waals surface area contributed by atoms with Gasteiger partial charge in [-0.25, -0.2) is 0 Å². The minimum Gasteiger partial charge on any atom is -0.356 e. The predicted molar refractivity (Wildman–Crippen MR) is 116 cm³/mol. The molecule has 146 valence electrons. The highest BCUT2D eigenvalue weighted by molar-refractivity contribution is 14.0. The van der Waals surface area contributed by atoms with Crippen LogP contribution in [0.1, 0.15) is 38.2 Å². The third-order valence-corrected chi connectivity index (χ3v) is 4.71. The fraction of sp³-hybridized carbons (Fsp3) is 0.611. The van der Waals surface area contributed by atoms with E-state index in [0.29, 0.717) is 24.1 Å². The van der Waals surface area contributed by atoms with Gasteiger partial charge >= 0.3 is 0 Å². The first-order valence-electron chi connectivity index (χ1n) is 9.02. The van der Waals surface area contributed by atoms with E-state index in [0.717, 1.165) is 19.5 Å². The van der Waals surface area contributed by atoms with Gasteiger partial charge in [0.25, 0.3) is 5.69 Å². The lowest BCUT2D eigenvalue weighted by atomic mass is 10.0. The Bertz CT molecular complexity index is 597. The first-order chi connectivity index (χ1) is 12.1. The van der Waals surface area contributed by atoms with Gasteiger partial charge in [0, 0.05) is 44.4 Å². The van der Waals surface area contributed by atoms with Gasteiger partial charge in [0.2, 0.25) is 0 Å². The number of nitro groups is 1. The normalized spacial score (nSPS) is 18.1. The number of nitrogens with one attached hydrogen (secondary N) is 2. The highest BCUT2D eigenvalue weighted by Gasteiger charge is 2.17. The third-order valence-electron chi connectivity index (χ3n) is 4.71. The Hall–Kier alpha value is -1.42. The highest BCUT2D eigenvalue weighted by Crippen LogP contribution is 2.17. The second-order valence-corrected chi connectivity index (χ2v) is 6.47. The summed E-state index contributed by atoms with van der Waals surface area (Å²) in [5.41, 5.74) is 0.780. The summed E-state index contributed by atoms with van der Waals surface area (Å²) in [6, 6.07) is 7.45. The zero-order valence-electron chi connectivity index (χ0n) is 15.6. The zero-order valence-corrected chi connectivity index (χ0v) is 17.9. The first-order valence-corrected chi connectivity index (χ1v) is 9.02. The highest BCUT2D eigenvalue weighted by atomic mass is 127. The Morgan fingerprint density at radius 2 is 2.12 bits per heavy atom. The molecule has 0 saturated carbocycles. The lowest BCUT2D eigenvalue weighted by molar-refractivity contribution is -0.385. The zero-order chi connectivity index (χ0) is 18.1. The molecule has 26 heavy (non-hydrogen) atoms. The van der Waals surface area contributed by atoms with Crippen molar-refractivity contribution in [2.45, 2.75) is 45.2 Å². The van der Waals surface area contributed by atoms with E-state index in [1.54, 1.807) is 25.2 Å². The Morgan fingerprint density at radius 3 is 2.81 bits per heavy atom. The summed E-state index contributed by atoms with van der Waals surface area (Å²) in [4.78, 5) is 17.4. The molecule has 1 saturated heterocycles. The maximum absolute atomic E-state index is 11.1. The number of piperidine rings is 1. The van der Waals surface area contributed by atoms with Crippen LogP contribution in [0.4, 0.5) is 5.69 Å². The van der Waals surface area contributed by atoms with Gasteiger partial charge in [-0.3, -0.25) is 15.1 Å².